The molecule has 5 aliphatic carbocycles. The second-order valence-corrected chi connectivity index (χ2v) is 17.4. The SMILES string of the molecule is C=C(C)[C@@H]1CC[C@]2(COC(=O)COCC=Cc3ccccc3)CC[C@]3(C)C(CCC4[C@@]5(C)CC[C@H](O)C(C)(C)C5CC[C@]43C)C12. The quantitative estimate of drug-likeness (QED) is 0.180. The topological polar surface area (TPSA) is 55.8 Å². The molecule has 0 bridgehead atoms. The summed E-state index contributed by atoms with van der Waals surface area (Å²) < 4.78 is 11.8. The van der Waals surface area contributed by atoms with E-state index in [2.05, 4.69) is 60.3 Å². The Hall–Kier alpha value is -1.91. The van der Waals surface area contributed by atoms with Crippen LogP contribution in [0.2, 0.25) is 0 Å². The Morgan fingerprint density at radius 3 is 2.40 bits per heavy atom. The zero-order valence-electron chi connectivity index (χ0n) is 29.1. The molecule has 4 unspecified atom stereocenters. The second-order valence-electron chi connectivity index (χ2n) is 17.4. The number of hydrogen-bond donors (Lipinski definition) is 1. The van der Waals surface area contributed by atoms with Crippen LogP contribution in [-0.4, -0.2) is 37.0 Å². The number of aliphatic hydroxyl groups is 1. The van der Waals surface area contributed by atoms with Crippen LogP contribution in [0.3, 0.4) is 0 Å². The first-order chi connectivity index (χ1) is 21.3. The summed E-state index contributed by atoms with van der Waals surface area (Å²) in [7, 11) is 0. The van der Waals surface area contributed by atoms with Gasteiger partial charge in [-0.1, -0.05) is 89.3 Å². The third kappa shape index (κ3) is 5.29. The van der Waals surface area contributed by atoms with Gasteiger partial charge in [0.05, 0.1) is 19.3 Å². The highest BCUT2D eigenvalue weighted by Gasteiger charge is 2.71. The maximum Gasteiger partial charge on any atom is 0.332 e. The van der Waals surface area contributed by atoms with Crippen LogP contribution in [0.25, 0.3) is 6.08 Å². The molecule has 4 heteroatoms. The van der Waals surface area contributed by atoms with E-state index in [9.17, 15) is 9.90 Å². The minimum absolute atomic E-state index is 0.00448. The number of ether oxygens (including phenoxy) is 2. The van der Waals surface area contributed by atoms with Crippen molar-refractivity contribution in [3.8, 4) is 0 Å². The van der Waals surface area contributed by atoms with Crippen LogP contribution < -0.4 is 0 Å². The van der Waals surface area contributed by atoms with Crippen molar-refractivity contribution < 1.29 is 19.4 Å². The molecule has 0 amide bonds. The Bertz CT molecular complexity index is 1280. The summed E-state index contributed by atoms with van der Waals surface area (Å²) in [5.41, 5.74) is 3.29. The van der Waals surface area contributed by atoms with E-state index in [0.717, 1.165) is 37.7 Å². The van der Waals surface area contributed by atoms with Crippen LogP contribution in [0.4, 0.5) is 0 Å². The van der Waals surface area contributed by atoms with E-state index in [1.54, 1.807) is 0 Å². The van der Waals surface area contributed by atoms with Crippen molar-refractivity contribution in [1.29, 1.82) is 0 Å². The lowest BCUT2D eigenvalue weighted by Gasteiger charge is -2.73. The molecule has 1 N–H and O–H groups in total. The first-order valence-electron chi connectivity index (χ1n) is 18.1. The number of rotatable bonds is 8. The molecule has 5 saturated carbocycles. The van der Waals surface area contributed by atoms with Gasteiger partial charge in [0.25, 0.3) is 0 Å². The summed E-state index contributed by atoms with van der Waals surface area (Å²) >= 11 is 0. The van der Waals surface area contributed by atoms with Crippen molar-refractivity contribution in [2.24, 2.45) is 56.7 Å². The highest BCUT2D eigenvalue weighted by molar-refractivity contribution is 5.70. The summed E-state index contributed by atoms with van der Waals surface area (Å²) in [6, 6.07) is 10.1. The van der Waals surface area contributed by atoms with Gasteiger partial charge in [-0.05, 0) is 128 Å². The fraction of sp³-hybridized carbons (Fsp3) is 0.732. The highest BCUT2D eigenvalue weighted by atomic mass is 16.6. The molecular weight excluding hydrogens is 556 g/mol. The molecule has 0 spiro atoms. The van der Waals surface area contributed by atoms with Crippen LogP contribution in [-0.2, 0) is 14.3 Å². The van der Waals surface area contributed by atoms with Gasteiger partial charge in [-0.15, -0.1) is 0 Å². The fourth-order valence-electron chi connectivity index (χ4n) is 12.7. The molecule has 4 nitrogen and oxygen atoms in total. The molecular formula is C41H60O4. The van der Waals surface area contributed by atoms with Gasteiger partial charge < -0.3 is 14.6 Å². The maximum atomic E-state index is 12.9. The molecule has 10 atom stereocenters. The Morgan fingerprint density at radius 2 is 1.67 bits per heavy atom. The molecule has 0 radical (unpaired) electrons. The highest BCUT2D eigenvalue weighted by Crippen LogP contribution is 2.77. The van der Waals surface area contributed by atoms with Gasteiger partial charge in [-0.2, -0.15) is 0 Å². The Kier molecular flexibility index (Phi) is 8.77. The van der Waals surface area contributed by atoms with Crippen LogP contribution in [0, 0.1) is 56.7 Å². The van der Waals surface area contributed by atoms with E-state index >= 15 is 0 Å². The van der Waals surface area contributed by atoms with Crippen molar-refractivity contribution in [2.45, 2.75) is 112 Å². The van der Waals surface area contributed by atoms with Crippen molar-refractivity contribution in [1.82, 2.24) is 0 Å². The average molecular weight is 617 g/mol. The number of carbonyl (C=O) groups is 1. The van der Waals surface area contributed by atoms with Gasteiger partial charge in [0, 0.05) is 5.41 Å². The number of esters is 1. The minimum atomic E-state index is -0.243. The molecule has 45 heavy (non-hydrogen) atoms. The average Bonchev–Trinajstić information content (AvgIpc) is 3.39. The molecule has 0 aliphatic heterocycles. The maximum absolute atomic E-state index is 12.9. The lowest BCUT2D eigenvalue weighted by molar-refractivity contribution is -0.250. The van der Waals surface area contributed by atoms with Crippen molar-refractivity contribution >= 4 is 12.0 Å². The first kappa shape index (κ1) is 33.0. The van der Waals surface area contributed by atoms with Crippen LogP contribution >= 0.6 is 0 Å². The van der Waals surface area contributed by atoms with Crippen LogP contribution in [0.1, 0.15) is 111 Å². The van der Waals surface area contributed by atoms with E-state index < -0.39 is 0 Å². The van der Waals surface area contributed by atoms with Gasteiger partial charge in [-0.3, -0.25) is 0 Å². The fourth-order valence-corrected chi connectivity index (χ4v) is 12.7. The zero-order valence-corrected chi connectivity index (χ0v) is 29.1. The molecule has 5 aliphatic rings. The normalized spacial score (nSPS) is 43.5. The van der Waals surface area contributed by atoms with Crippen molar-refractivity contribution in [3.05, 3.63) is 54.1 Å². The Labute approximate surface area is 273 Å². The predicted molar refractivity (Wildman–Crippen MR) is 182 cm³/mol. The molecule has 1 aromatic carbocycles. The molecule has 248 valence electrons. The molecule has 6 rings (SSSR count). The summed E-state index contributed by atoms with van der Waals surface area (Å²) in [6.07, 6.45) is 15.6. The van der Waals surface area contributed by atoms with E-state index in [1.165, 1.54) is 37.7 Å². The molecule has 1 aromatic rings. The number of carbonyl (C=O) groups excluding carboxylic acids is 1. The van der Waals surface area contributed by atoms with Crippen molar-refractivity contribution in [2.75, 3.05) is 19.8 Å². The summed E-state index contributed by atoms with van der Waals surface area (Å²) in [5, 5.41) is 11.1. The van der Waals surface area contributed by atoms with Gasteiger partial charge in [0.15, 0.2) is 0 Å². The third-order valence-corrected chi connectivity index (χ3v) is 15.3. The largest absolute Gasteiger partial charge is 0.463 e. The summed E-state index contributed by atoms with van der Waals surface area (Å²) in [4.78, 5) is 12.9. The summed E-state index contributed by atoms with van der Waals surface area (Å²) in [5.74, 6) is 2.68. The summed E-state index contributed by atoms with van der Waals surface area (Å²) in [6.45, 7) is 20.3. The minimum Gasteiger partial charge on any atom is -0.463 e. The number of aliphatic hydroxyl groups excluding tert-OH is 1. The van der Waals surface area contributed by atoms with Gasteiger partial charge in [0.2, 0.25) is 0 Å². The first-order valence-corrected chi connectivity index (χ1v) is 18.1. The lowest BCUT2D eigenvalue weighted by atomic mass is 9.32. The third-order valence-electron chi connectivity index (χ3n) is 15.3. The van der Waals surface area contributed by atoms with Gasteiger partial charge in [0.1, 0.15) is 6.61 Å². The molecule has 0 heterocycles. The van der Waals surface area contributed by atoms with Crippen molar-refractivity contribution in [3.63, 3.8) is 0 Å². The molecule has 0 saturated heterocycles. The van der Waals surface area contributed by atoms with Gasteiger partial charge >= 0.3 is 5.97 Å². The number of hydrogen-bond acceptors (Lipinski definition) is 4. The number of allylic oxidation sites excluding steroid dienone is 1. The van der Waals surface area contributed by atoms with E-state index in [1.807, 2.05) is 30.4 Å². The van der Waals surface area contributed by atoms with E-state index in [4.69, 9.17) is 9.47 Å². The molecule has 5 fully saturated rings. The smallest absolute Gasteiger partial charge is 0.332 e. The predicted octanol–water partition coefficient (Wildman–Crippen LogP) is 9.28. The second kappa shape index (κ2) is 12.0. The standard InChI is InChI=1S/C41H60O4/c1-28(2)30-17-22-41(27-45-35(43)26-44-25-11-14-29-12-9-8-10-13-29)24-23-39(6)31(36(30)41)15-16-33-38(5)20-19-34(42)37(3,4)32(38)18-21-40(33,39)7/h8-14,30-34,36,42H,1,15-27H2,2-7H3/t30-,31?,32?,33?,34-,36?,38-,39+,40+,41+/m0/s1. The number of fused-ring (bicyclic) bond motifs is 7. The lowest BCUT2D eigenvalue weighted by Crippen LogP contribution is -2.66. The monoisotopic (exact) mass is 616 g/mol. The number of benzene rings is 1. The Morgan fingerprint density at radius 1 is 0.911 bits per heavy atom. The Balaban J connectivity index is 1.17. The molecule has 0 aromatic heterocycles. The van der Waals surface area contributed by atoms with E-state index in [0.29, 0.717) is 42.8 Å². The zero-order chi connectivity index (χ0) is 32.3. The van der Waals surface area contributed by atoms with Crippen LogP contribution in [0.5, 0.6) is 0 Å². The van der Waals surface area contributed by atoms with Crippen LogP contribution in [0.15, 0.2) is 48.6 Å². The van der Waals surface area contributed by atoms with Gasteiger partial charge in [-0.25, -0.2) is 4.79 Å². The van der Waals surface area contributed by atoms with E-state index in [-0.39, 0.29) is 45.8 Å².